The van der Waals surface area contributed by atoms with Gasteiger partial charge in [-0.15, -0.1) is 0 Å². The molecule has 6 nitrogen and oxygen atoms in total. The maximum absolute atomic E-state index is 11.7. The van der Waals surface area contributed by atoms with Crippen LogP contribution in [0.2, 0.25) is 0 Å². The minimum atomic E-state index is -0.383. The van der Waals surface area contributed by atoms with Crippen LogP contribution in [0.25, 0.3) is 11.3 Å². The Labute approximate surface area is 133 Å². The zero-order chi connectivity index (χ0) is 16.2. The van der Waals surface area contributed by atoms with E-state index in [1.165, 1.54) is 18.4 Å². The van der Waals surface area contributed by atoms with Crippen LogP contribution in [0.15, 0.2) is 18.3 Å². The number of aromatic nitrogens is 2. The van der Waals surface area contributed by atoms with Gasteiger partial charge in [0.05, 0.1) is 30.6 Å². The third-order valence-corrected chi connectivity index (χ3v) is 3.75. The van der Waals surface area contributed by atoms with Crippen LogP contribution in [0.3, 0.4) is 0 Å². The van der Waals surface area contributed by atoms with E-state index in [0.29, 0.717) is 23.2 Å². The molecule has 1 N–H and O–H groups in total. The molecule has 2 rings (SSSR count). The summed E-state index contributed by atoms with van der Waals surface area (Å²) in [6.07, 6.45) is 1.65. The van der Waals surface area contributed by atoms with Gasteiger partial charge in [-0.25, -0.2) is 4.79 Å². The lowest BCUT2D eigenvalue weighted by Crippen LogP contribution is -2.22. The summed E-state index contributed by atoms with van der Waals surface area (Å²) in [4.78, 5) is 12.2. The fraction of sp³-hybridized carbons (Fsp3) is 0.467. The molecule has 0 spiro atoms. The first-order chi connectivity index (χ1) is 10.4. The maximum Gasteiger partial charge on any atom is 0.348 e. The number of H-pyrrole nitrogens is 1. The second-order valence-electron chi connectivity index (χ2n) is 5.58. The van der Waals surface area contributed by atoms with E-state index >= 15 is 0 Å². The van der Waals surface area contributed by atoms with Crippen LogP contribution in [0.5, 0.6) is 5.06 Å². The third kappa shape index (κ3) is 4.32. The van der Waals surface area contributed by atoms with Crippen molar-refractivity contribution in [3.63, 3.8) is 0 Å². The topological polar surface area (TPSA) is 73.4 Å². The van der Waals surface area contributed by atoms with Crippen molar-refractivity contribution in [3.8, 4) is 16.3 Å². The summed E-state index contributed by atoms with van der Waals surface area (Å²) in [6.45, 7) is 6.84. The highest BCUT2D eigenvalue weighted by Gasteiger charge is 2.18. The highest BCUT2D eigenvalue weighted by Crippen LogP contribution is 2.37. The molecule has 0 unspecified atom stereocenters. The number of ether oxygens (including phenoxy) is 3. The number of aromatic amines is 1. The third-order valence-electron chi connectivity index (χ3n) is 2.73. The first-order valence-electron chi connectivity index (χ1n) is 6.89. The van der Waals surface area contributed by atoms with E-state index in [1.54, 1.807) is 12.3 Å². The predicted molar refractivity (Wildman–Crippen MR) is 84.4 cm³/mol. The van der Waals surface area contributed by atoms with Gasteiger partial charge in [0.15, 0.2) is 5.06 Å². The van der Waals surface area contributed by atoms with Crippen LogP contribution >= 0.6 is 11.3 Å². The molecule has 0 aliphatic heterocycles. The maximum atomic E-state index is 11.7. The molecule has 0 radical (unpaired) electrons. The zero-order valence-electron chi connectivity index (χ0n) is 13.1. The monoisotopic (exact) mass is 324 g/mol. The number of rotatable bonds is 6. The first-order valence-corrected chi connectivity index (χ1v) is 7.71. The number of nitrogens with zero attached hydrogens (tertiary/aromatic N) is 1. The number of thiophene rings is 1. The second kappa shape index (κ2) is 6.93. The van der Waals surface area contributed by atoms with Crippen LogP contribution in [0.1, 0.15) is 30.4 Å². The van der Waals surface area contributed by atoms with Gasteiger partial charge in [0.2, 0.25) is 0 Å². The Morgan fingerprint density at radius 2 is 2.14 bits per heavy atom. The van der Waals surface area contributed by atoms with Crippen molar-refractivity contribution < 1.29 is 19.0 Å². The number of carbonyl (C=O) groups is 1. The quantitative estimate of drug-likeness (QED) is 0.653. The molecule has 0 aliphatic rings. The molecule has 0 bridgehead atoms. The Morgan fingerprint density at radius 1 is 1.36 bits per heavy atom. The smallest absolute Gasteiger partial charge is 0.348 e. The van der Waals surface area contributed by atoms with Gasteiger partial charge in [-0.05, 0) is 32.9 Å². The van der Waals surface area contributed by atoms with Crippen molar-refractivity contribution in [1.82, 2.24) is 10.2 Å². The van der Waals surface area contributed by atoms with E-state index in [1.807, 2.05) is 26.8 Å². The molecule has 0 saturated heterocycles. The molecular weight excluding hydrogens is 304 g/mol. The molecule has 0 atom stereocenters. The van der Waals surface area contributed by atoms with E-state index in [-0.39, 0.29) is 11.6 Å². The van der Waals surface area contributed by atoms with Gasteiger partial charge in [0.1, 0.15) is 11.5 Å². The molecule has 120 valence electrons. The number of hydrogen-bond acceptors (Lipinski definition) is 6. The molecular formula is C15H20N2O4S. The molecule has 0 saturated carbocycles. The lowest BCUT2D eigenvalue weighted by Gasteiger charge is -2.19. The summed E-state index contributed by atoms with van der Waals surface area (Å²) in [6, 6.07) is 3.56. The van der Waals surface area contributed by atoms with Crippen LogP contribution < -0.4 is 4.74 Å². The van der Waals surface area contributed by atoms with E-state index in [4.69, 9.17) is 14.2 Å². The fourth-order valence-corrected chi connectivity index (χ4v) is 2.72. The van der Waals surface area contributed by atoms with Gasteiger partial charge < -0.3 is 14.2 Å². The summed E-state index contributed by atoms with van der Waals surface area (Å²) in [5, 5.41) is 7.44. The van der Waals surface area contributed by atoms with E-state index in [2.05, 4.69) is 10.2 Å². The average Bonchev–Trinajstić information content (AvgIpc) is 3.10. The van der Waals surface area contributed by atoms with Crippen molar-refractivity contribution in [1.29, 1.82) is 0 Å². The van der Waals surface area contributed by atoms with E-state index < -0.39 is 0 Å². The highest BCUT2D eigenvalue weighted by atomic mass is 32.1. The number of hydrogen-bond donors (Lipinski definition) is 1. The average molecular weight is 324 g/mol. The molecule has 0 aromatic carbocycles. The van der Waals surface area contributed by atoms with Crippen LogP contribution in [0, 0.1) is 0 Å². The van der Waals surface area contributed by atoms with Crippen molar-refractivity contribution in [3.05, 3.63) is 23.2 Å². The Bertz CT molecular complexity index is 614. The van der Waals surface area contributed by atoms with Crippen LogP contribution in [-0.2, 0) is 9.47 Å². The van der Waals surface area contributed by atoms with E-state index in [0.717, 1.165) is 11.3 Å². The summed E-state index contributed by atoms with van der Waals surface area (Å²) < 4.78 is 16.2. The molecule has 22 heavy (non-hydrogen) atoms. The number of nitrogens with one attached hydrogen (secondary N) is 1. The molecule has 2 heterocycles. The fourth-order valence-electron chi connectivity index (χ4n) is 1.76. The second-order valence-corrected chi connectivity index (χ2v) is 6.60. The highest BCUT2D eigenvalue weighted by molar-refractivity contribution is 7.16. The number of esters is 1. The molecule has 0 fully saturated rings. The minimum Gasteiger partial charge on any atom is -0.481 e. The molecule has 2 aromatic heterocycles. The molecule has 7 heteroatoms. The SMILES string of the molecule is COC(=O)c1cc(-c2ccn[nH]2)c(OCCOC(C)(C)C)s1. The van der Waals surface area contributed by atoms with Crippen LogP contribution in [-0.4, -0.2) is 42.1 Å². The summed E-state index contributed by atoms with van der Waals surface area (Å²) in [7, 11) is 1.36. The van der Waals surface area contributed by atoms with Gasteiger partial charge in [0.25, 0.3) is 0 Å². The molecule has 0 aliphatic carbocycles. The van der Waals surface area contributed by atoms with Gasteiger partial charge in [-0.3, -0.25) is 5.10 Å². The minimum absolute atomic E-state index is 0.206. The van der Waals surface area contributed by atoms with Crippen molar-refractivity contribution in [2.24, 2.45) is 0 Å². The normalized spacial score (nSPS) is 11.5. The number of carbonyl (C=O) groups excluding carboxylic acids is 1. The van der Waals surface area contributed by atoms with Gasteiger partial charge in [-0.1, -0.05) is 11.3 Å². The standard InChI is InChI=1S/C15H20N2O4S/c1-15(2,3)21-8-7-20-14-10(11-5-6-16-17-11)9-12(22-14)13(18)19-4/h5-6,9H,7-8H2,1-4H3,(H,16,17). The van der Waals surface area contributed by atoms with Gasteiger partial charge >= 0.3 is 5.97 Å². The summed E-state index contributed by atoms with van der Waals surface area (Å²) in [5.74, 6) is -0.383. The molecule has 2 aromatic rings. The van der Waals surface area contributed by atoms with Gasteiger partial charge in [-0.2, -0.15) is 5.10 Å². The Balaban J connectivity index is 2.11. The number of methoxy groups -OCH3 is 1. The predicted octanol–water partition coefficient (Wildman–Crippen LogP) is 3.12. The molecule has 0 amide bonds. The zero-order valence-corrected chi connectivity index (χ0v) is 14.0. The van der Waals surface area contributed by atoms with Crippen molar-refractivity contribution in [2.45, 2.75) is 26.4 Å². The van der Waals surface area contributed by atoms with Crippen molar-refractivity contribution in [2.75, 3.05) is 20.3 Å². The Morgan fingerprint density at radius 3 is 2.73 bits per heavy atom. The van der Waals surface area contributed by atoms with Gasteiger partial charge in [0, 0.05) is 6.20 Å². The largest absolute Gasteiger partial charge is 0.481 e. The Hall–Kier alpha value is -1.86. The Kier molecular flexibility index (Phi) is 5.20. The summed E-state index contributed by atoms with van der Waals surface area (Å²) >= 11 is 1.25. The van der Waals surface area contributed by atoms with Crippen LogP contribution in [0.4, 0.5) is 0 Å². The van der Waals surface area contributed by atoms with E-state index in [9.17, 15) is 4.79 Å². The van der Waals surface area contributed by atoms with Crippen molar-refractivity contribution >= 4 is 17.3 Å². The summed E-state index contributed by atoms with van der Waals surface area (Å²) in [5.41, 5.74) is 1.37. The lowest BCUT2D eigenvalue weighted by atomic mass is 10.2. The lowest BCUT2D eigenvalue weighted by molar-refractivity contribution is -0.0158. The first kappa shape index (κ1) is 16.5.